The number of hydrogen-bond acceptors (Lipinski definition) is 1. The summed E-state index contributed by atoms with van der Waals surface area (Å²) in [5, 5.41) is 0. The lowest BCUT2D eigenvalue weighted by Gasteiger charge is -2.70. The average Bonchev–Trinajstić information content (AvgIpc) is 2.75. The van der Waals surface area contributed by atoms with Crippen LogP contribution in [0, 0.1) is 11.8 Å². The predicted molar refractivity (Wildman–Crippen MR) is 115 cm³/mol. The molecular weight excluding hydrogens is 338 g/mol. The molecule has 1 nitrogen and oxygen atoms in total. The quantitative estimate of drug-likeness (QED) is 0.511. The van der Waals surface area contributed by atoms with E-state index in [0.29, 0.717) is 0 Å². The van der Waals surface area contributed by atoms with Crippen molar-refractivity contribution < 1.29 is 0 Å². The van der Waals surface area contributed by atoms with Gasteiger partial charge in [0.05, 0.1) is 11.1 Å². The van der Waals surface area contributed by atoms with Gasteiger partial charge in [0.25, 0.3) is 0 Å². The summed E-state index contributed by atoms with van der Waals surface area (Å²) in [5.41, 5.74) is 4.63. The van der Waals surface area contributed by atoms with Gasteiger partial charge in [0.1, 0.15) is 0 Å². The van der Waals surface area contributed by atoms with Gasteiger partial charge in [0.15, 0.2) is 0 Å². The zero-order valence-electron chi connectivity index (χ0n) is 16.3. The highest BCUT2D eigenvalue weighted by Crippen LogP contribution is 2.66. The molecule has 1 heteroatoms. The molecule has 0 amide bonds. The minimum Gasteiger partial charge on any atom is -0.352 e. The highest BCUT2D eigenvalue weighted by atomic mass is 15.3. The molecule has 28 heavy (non-hydrogen) atoms. The highest BCUT2D eigenvalue weighted by Gasteiger charge is 2.63. The van der Waals surface area contributed by atoms with Gasteiger partial charge in [-0.3, -0.25) is 0 Å². The Morgan fingerprint density at radius 3 is 1.36 bits per heavy atom. The normalized spacial score (nSPS) is 33.2. The summed E-state index contributed by atoms with van der Waals surface area (Å²) < 4.78 is 0. The smallest absolute Gasteiger partial charge is 0.0668 e. The summed E-state index contributed by atoms with van der Waals surface area (Å²) in [4.78, 5) is 2.86. The summed E-state index contributed by atoms with van der Waals surface area (Å²) in [6.45, 7) is 0. The molecule has 4 bridgehead atoms. The largest absolute Gasteiger partial charge is 0.352 e. The first-order valence-electron chi connectivity index (χ1n) is 10.8. The van der Waals surface area contributed by atoms with Crippen LogP contribution in [0.1, 0.15) is 43.2 Å². The second-order valence-electron chi connectivity index (χ2n) is 9.25. The molecule has 4 aliphatic rings. The van der Waals surface area contributed by atoms with E-state index in [4.69, 9.17) is 0 Å². The van der Waals surface area contributed by atoms with E-state index in [-0.39, 0.29) is 11.1 Å². The maximum Gasteiger partial charge on any atom is 0.0668 e. The summed E-state index contributed by atoms with van der Waals surface area (Å²) in [5.74, 6) is 1.65. The van der Waals surface area contributed by atoms with Crippen molar-refractivity contribution in [3.05, 3.63) is 102 Å². The molecule has 0 spiro atoms. The van der Waals surface area contributed by atoms with Gasteiger partial charge < -0.3 is 4.90 Å². The Balaban J connectivity index is 1.63. The molecule has 2 heterocycles. The predicted octanol–water partition coefficient (Wildman–Crippen LogP) is 6.51. The second kappa shape index (κ2) is 5.98. The SMILES string of the molecule is c1ccc(N2C3(c4ccccc4)CC4CC(C3)CC2(c2ccccc2)C4)cc1. The van der Waals surface area contributed by atoms with Gasteiger partial charge >= 0.3 is 0 Å². The molecule has 2 aliphatic heterocycles. The molecule has 0 unspecified atom stereocenters. The molecule has 2 saturated carbocycles. The molecule has 2 saturated heterocycles. The Hall–Kier alpha value is -2.54. The van der Waals surface area contributed by atoms with Crippen LogP contribution >= 0.6 is 0 Å². The van der Waals surface area contributed by atoms with Gasteiger partial charge in [-0.05, 0) is 67.2 Å². The van der Waals surface area contributed by atoms with E-state index >= 15 is 0 Å². The van der Waals surface area contributed by atoms with Gasteiger partial charge in [-0.25, -0.2) is 0 Å². The van der Waals surface area contributed by atoms with Gasteiger partial charge in [-0.2, -0.15) is 0 Å². The number of anilines is 1. The third-order valence-electron chi connectivity index (χ3n) is 7.66. The van der Waals surface area contributed by atoms with E-state index in [9.17, 15) is 0 Å². The van der Waals surface area contributed by atoms with E-state index in [1.54, 1.807) is 0 Å². The molecule has 2 aliphatic carbocycles. The van der Waals surface area contributed by atoms with E-state index in [1.807, 2.05) is 0 Å². The lowest BCUT2D eigenvalue weighted by molar-refractivity contribution is -0.0244. The van der Waals surface area contributed by atoms with E-state index in [2.05, 4.69) is 95.9 Å². The molecule has 7 rings (SSSR count). The van der Waals surface area contributed by atoms with E-state index in [0.717, 1.165) is 11.8 Å². The average molecular weight is 366 g/mol. The van der Waals surface area contributed by atoms with Crippen molar-refractivity contribution in [2.75, 3.05) is 4.90 Å². The van der Waals surface area contributed by atoms with Crippen molar-refractivity contribution in [3.8, 4) is 0 Å². The summed E-state index contributed by atoms with van der Waals surface area (Å²) >= 11 is 0. The lowest BCUT2D eigenvalue weighted by Crippen LogP contribution is -2.69. The maximum absolute atomic E-state index is 2.86. The molecule has 3 aromatic carbocycles. The zero-order chi connectivity index (χ0) is 18.6. The van der Waals surface area contributed by atoms with Gasteiger partial charge in [-0.1, -0.05) is 78.9 Å². The molecule has 140 valence electrons. The number of nitrogens with zero attached hydrogens (tertiary/aromatic N) is 1. The maximum atomic E-state index is 2.86. The van der Waals surface area contributed by atoms with Crippen LogP contribution in [0.5, 0.6) is 0 Å². The topological polar surface area (TPSA) is 3.24 Å². The Kier molecular flexibility index (Phi) is 3.50. The fourth-order valence-corrected chi connectivity index (χ4v) is 7.10. The minimum absolute atomic E-state index is 0.114. The van der Waals surface area contributed by atoms with Crippen LogP contribution < -0.4 is 4.90 Å². The standard InChI is InChI=1S/C27H27N/c1-4-10-23(11-5-1)26-17-21-16-22(18-26)20-27(19-21,24-12-6-2-7-13-24)28(26)25-14-8-3-9-15-25/h1-15,21-22H,16-20H2. The van der Waals surface area contributed by atoms with Crippen LogP contribution in [0.25, 0.3) is 0 Å². The zero-order valence-corrected chi connectivity index (χ0v) is 16.3. The van der Waals surface area contributed by atoms with Crippen molar-refractivity contribution in [2.24, 2.45) is 11.8 Å². The van der Waals surface area contributed by atoms with Crippen LogP contribution in [0.15, 0.2) is 91.0 Å². The van der Waals surface area contributed by atoms with Gasteiger partial charge in [0.2, 0.25) is 0 Å². The minimum atomic E-state index is 0.114. The second-order valence-corrected chi connectivity index (χ2v) is 9.25. The molecule has 4 fully saturated rings. The third kappa shape index (κ3) is 2.19. The summed E-state index contributed by atoms with van der Waals surface area (Å²) in [7, 11) is 0. The van der Waals surface area contributed by atoms with Crippen LogP contribution in [0.4, 0.5) is 5.69 Å². The fourth-order valence-electron chi connectivity index (χ4n) is 7.10. The van der Waals surface area contributed by atoms with Crippen LogP contribution in [0.3, 0.4) is 0 Å². The number of benzene rings is 3. The number of para-hydroxylation sites is 1. The Labute approximate surface area is 168 Å². The number of hydrogen-bond donors (Lipinski definition) is 0. The summed E-state index contributed by atoms with van der Waals surface area (Å²) in [6.07, 6.45) is 6.58. The first-order chi connectivity index (χ1) is 13.8. The van der Waals surface area contributed by atoms with Crippen molar-refractivity contribution in [3.63, 3.8) is 0 Å². The summed E-state index contributed by atoms with van der Waals surface area (Å²) in [6, 6.07) is 34.0. The van der Waals surface area contributed by atoms with E-state index < -0.39 is 0 Å². The van der Waals surface area contributed by atoms with Crippen molar-refractivity contribution >= 4 is 5.69 Å². The molecule has 0 radical (unpaired) electrons. The molecular formula is C27H27N. The first kappa shape index (κ1) is 16.4. The lowest BCUT2D eigenvalue weighted by atomic mass is 9.50. The number of rotatable bonds is 3. The highest BCUT2D eigenvalue weighted by molar-refractivity contribution is 5.59. The first-order valence-corrected chi connectivity index (χ1v) is 10.8. The Bertz CT molecular complexity index is 889. The van der Waals surface area contributed by atoms with Crippen LogP contribution in [-0.2, 0) is 11.1 Å². The molecule has 0 atom stereocenters. The third-order valence-corrected chi connectivity index (χ3v) is 7.66. The van der Waals surface area contributed by atoms with Crippen molar-refractivity contribution in [2.45, 2.75) is 43.2 Å². The number of piperidine rings is 2. The van der Waals surface area contributed by atoms with Crippen LogP contribution in [0.2, 0.25) is 0 Å². The fraction of sp³-hybridized carbons (Fsp3) is 0.333. The van der Waals surface area contributed by atoms with Gasteiger partial charge in [-0.15, -0.1) is 0 Å². The van der Waals surface area contributed by atoms with Crippen molar-refractivity contribution in [1.82, 2.24) is 0 Å². The van der Waals surface area contributed by atoms with Crippen molar-refractivity contribution in [1.29, 1.82) is 0 Å². The molecule has 0 N–H and O–H groups in total. The van der Waals surface area contributed by atoms with Crippen LogP contribution in [-0.4, -0.2) is 0 Å². The monoisotopic (exact) mass is 365 g/mol. The van der Waals surface area contributed by atoms with E-state index in [1.165, 1.54) is 48.9 Å². The molecule has 0 aromatic heterocycles. The van der Waals surface area contributed by atoms with Gasteiger partial charge in [0, 0.05) is 5.69 Å². The molecule has 3 aromatic rings. The Morgan fingerprint density at radius 2 is 0.929 bits per heavy atom. The Morgan fingerprint density at radius 1 is 0.536 bits per heavy atom.